The van der Waals surface area contributed by atoms with Gasteiger partial charge in [-0.1, -0.05) is 13.0 Å². The molecule has 0 saturated carbocycles. The molecule has 1 aliphatic heterocycles. The van der Waals surface area contributed by atoms with Gasteiger partial charge in [-0.15, -0.1) is 0 Å². The molecule has 7 nitrogen and oxygen atoms in total. The van der Waals surface area contributed by atoms with Gasteiger partial charge in [-0.2, -0.15) is 0 Å². The summed E-state index contributed by atoms with van der Waals surface area (Å²) in [5.74, 6) is -2.10. The molecule has 0 aromatic rings. The Balaban J connectivity index is 2.10. The fourth-order valence-corrected chi connectivity index (χ4v) is 4.77. The van der Waals surface area contributed by atoms with Gasteiger partial charge in [0.05, 0.1) is 29.1 Å². The summed E-state index contributed by atoms with van der Waals surface area (Å²) in [6, 6.07) is 0. The lowest BCUT2D eigenvalue weighted by atomic mass is 9.80. The van der Waals surface area contributed by atoms with E-state index in [4.69, 9.17) is 9.47 Å². The Morgan fingerprint density at radius 2 is 1.81 bits per heavy atom. The lowest BCUT2D eigenvalue weighted by molar-refractivity contribution is -0.151. The van der Waals surface area contributed by atoms with Crippen LogP contribution in [0.4, 0.5) is 0 Å². The summed E-state index contributed by atoms with van der Waals surface area (Å²) in [5, 5.41) is 32.6. The first-order chi connectivity index (χ1) is 12.4. The highest BCUT2D eigenvalue weighted by molar-refractivity contribution is 5.88. The maximum Gasteiger partial charge on any atom is 0.333 e. The number of allylic oxidation sites excluding steroid dienone is 1. The highest BCUT2D eigenvalue weighted by Gasteiger charge is 2.60. The predicted octanol–water partition coefficient (Wildman–Crippen LogP) is 1.01. The van der Waals surface area contributed by atoms with Gasteiger partial charge in [0.25, 0.3) is 0 Å². The number of aliphatic hydroxyl groups is 3. The molecule has 0 bridgehead atoms. The van der Waals surface area contributed by atoms with E-state index in [1.165, 1.54) is 6.92 Å². The van der Waals surface area contributed by atoms with Crippen molar-refractivity contribution in [1.29, 1.82) is 0 Å². The maximum absolute atomic E-state index is 12.4. The molecule has 7 heteroatoms. The number of esters is 2. The zero-order valence-corrected chi connectivity index (χ0v) is 16.4. The van der Waals surface area contributed by atoms with Crippen molar-refractivity contribution < 1.29 is 34.4 Å². The summed E-state index contributed by atoms with van der Waals surface area (Å²) in [7, 11) is 0. The van der Waals surface area contributed by atoms with Crippen LogP contribution in [0.3, 0.4) is 0 Å². The van der Waals surface area contributed by atoms with E-state index in [0.29, 0.717) is 11.1 Å². The second-order valence-electron chi connectivity index (χ2n) is 8.44. The summed E-state index contributed by atoms with van der Waals surface area (Å²) < 4.78 is 11.2. The van der Waals surface area contributed by atoms with Crippen LogP contribution in [0.5, 0.6) is 0 Å². The second kappa shape index (κ2) is 6.43. The Morgan fingerprint density at radius 3 is 2.41 bits per heavy atom. The van der Waals surface area contributed by atoms with Crippen LogP contribution in [-0.2, 0) is 19.1 Å². The van der Waals surface area contributed by atoms with Crippen LogP contribution in [-0.4, -0.2) is 56.8 Å². The highest BCUT2D eigenvalue weighted by atomic mass is 16.6. The van der Waals surface area contributed by atoms with Crippen LogP contribution < -0.4 is 0 Å². The molecule has 1 heterocycles. The molecular formula is C20H28O7. The van der Waals surface area contributed by atoms with Gasteiger partial charge in [-0.05, 0) is 33.3 Å². The molecule has 1 saturated heterocycles. The van der Waals surface area contributed by atoms with Crippen LogP contribution in [0.15, 0.2) is 22.8 Å². The number of hydrogen-bond donors (Lipinski definition) is 3. The molecule has 0 unspecified atom stereocenters. The Hall–Kier alpha value is -1.70. The molecule has 150 valence electrons. The van der Waals surface area contributed by atoms with Gasteiger partial charge >= 0.3 is 11.9 Å². The number of fused-ring (bicyclic) bond motifs is 2. The zero-order chi connectivity index (χ0) is 20.3. The number of ether oxygens (including phenoxy) is 2. The Bertz CT molecular complexity index is 731. The van der Waals surface area contributed by atoms with E-state index in [1.54, 1.807) is 33.8 Å². The standard InChI is InChI=1S/C20H28O7/c1-6-9(2)17(22)26-12-8-20(5,25)14-11(21)7-19(4,24)15(14)16-13(12)10(3)18(23)27-16/h6,10-13,16,21,24-25H,7-8H2,1-5H3/b9-6+/t10-,11-,12-,13+,16-,19+,20-/m0/s1. The van der Waals surface area contributed by atoms with Crippen molar-refractivity contribution in [1.82, 2.24) is 0 Å². The number of aliphatic hydroxyl groups excluding tert-OH is 1. The van der Waals surface area contributed by atoms with E-state index in [1.807, 2.05) is 0 Å². The first-order valence-corrected chi connectivity index (χ1v) is 9.33. The number of carbonyl (C=O) groups is 2. The molecule has 1 fully saturated rings. The first-order valence-electron chi connectivity index (χ1n) is 9.33. The van der Waals surface area contributed by atoms with Crippen LogP contribution in [0.25, 0.3) is 0 Å². The van der Waals surface area contributed by atoms with E-state index in [9.17, 15) is 24.9 Å². The molecule has 7 atom stereocenters. The SMILES string of the molecule is C/C=C(\C)C(=O)O[C@H]1C[C@](C)(O)C2=C([C@H]3OC(=O)[C@@H](C)[C@H]13)[C@](C)(O)C[C@@H]2O. The molecule has 0 aromatic heterocycles. The van der Waals surface area contributed by atoms with Crippen molar-refractivity contribution in [2.24, 2.45) is 11.8 Å². The summed E-state index contributed by atoms with van der Waals surface area (Å²) in [4.78, 5) is 24.7. The minimum atomic E-state index is -1.51. The molecule has 0 amide bonds. The van der Waals surface area contributed by atoms with E-state index >= 15 is 0 Å². The van der Waals surface area contributed by atoms with Gasteiger partial charge in [0.2, 0.25) is 0 Å². The number of hydrogen-bond acceptors (Lipinski definition) is 7. The van der Waals surface area contributed by atoms with Crippen molar-refractivity contribution in [3.05, 3.63) is 22.8 Å². The molecular weight excluding hydrogens is 352 g/mol. The largest absolute Gasteiger partial charge is 0.458 e. The van der Waals surface area contributed by atoms with Gasteiger partial charge in [-0.3, -0.25) is 4.79 Å². The fourth-order valence-electron chi connectivity index (χ4n) is 4.77. The molecule has 27 heavy (non-hydrogen) atoms. The lowest BCUT2D eigenvalue weighted by Gasteiger charge is -2.33. The van der Waals surface area contributed by atoms with Crippen LogP contribution in [0, 0.1) is 11.8 Å². The molecule has 3 N–H and O–H groups in total. The van der Waals surface area contributed by atoms with Crippen molar-refractivity contribution in [3.8, 4) is 0 Å². The second-order valence-corrected chi connectivity index (χ2v) is 8.44. The van der Waals surface area contributed by atoms with Crippen molar-refractivity contribution in [2.45, 2.75) is 77.0 Å². The number of rotatable bonds is 2. The maximum atomic E-state index is 12.4. The first kappa shape index (κ1) is 20.0. The highest BCUT2D eigenvalue weighted by Crippen LogP contribution is 2.52. The van der Waals surface area contributed by atoms with Gasteiger partial charge in [0.1, 0.15) is 12.2 Å². The molecule has 0 radical (unpaired) electrons. The Kier molecular flexibility index (Phi) is 4.77. The van der Waals surface area contributed by atoms with Gasteiger partial charge in [-0.25, -0.2) is 4.79 Å². The zero-order valence-electron chi connectivity index (χ0n) is 16.4. The Morgan fingerprint density at radius 1 is 1.22 bits per heavy atom. The molecule has 2 aliphatic carbocycles. The molecule has 0 spiro atoms. The van der Waals surface area contributed by atoms with Gasteiger partial charge in [0.15, 0.2) is 0 Å². The van der Waals surface area contributed by atoms with Crippen LogP contribution in [0.2, 0.25) is 0 Å². The fraction of sp³-hybridized carbons (Fsp3) is 0.700. The topological polar surface area (TPSA) is 113 Å². The van der Waals surface area contributed by atoms with Crippen molar-refractivity contribution in [3.63, 3.8) is 0 Å². The molecule has 3 aliphatic rings. The van der Waals surface area contributed by atoms with Gasteiger partial charge < -0.3 is 24.8 Å². The van der Waals surface area contributed by atoms with Crippen molar-refractivity contribution in [2.75, 3.05) is 0 Å². The van der Waals surface area contributed by atoms with E-state index in [-0.39, 0.29) is 18.4 Å². The number of carbonyl (C=O) groups excluding carboxylic acids is 2. The van der Waals surface area contributed by atoms with E-state index in [0.717, 1.165) is 0 Å². The summed E-state index contributed by atoms with van der Waals surface area (Å²) >= 11 is 0. The molecule has 3 rings (SSSR count). The third-order valence-corrected chi connectivity index (χ3v) is 6.24. The third-order valence-electron chi connectivity index (χ3n) is 6.24. The summed E-state index contributed by atoms with van der Waals surface area (Å²) in [6.45, 7) is 8.11. The lowest BCUT2D eigenvalue weighted by Crippen LogP contribution is -2.42. The van der Waals surface area contributed by atoms with Crippen LogP contribution in [0.1, 0.15) is 47.5 Å². The molecule has 0 aromatic carbocycles. The summed E-state index contributed by atoms with van der Waals surface area (Å²) in [6.07, 6.45) is -1.07. The van der Waals surface area contributed by atoms with Gasteiger partial charge in [0, 0.05) is 24.0 Å². The predicted molar refractivity (Wildman–Crippen MR) is 95.4 cm³/mol. The minimum absolute atomic E-state index is 0.00382. The smallest absolute Gasteiger partial charge is 0.333 e. The normalized spacial score (nSPS) is 44.5. The van der Waals surface area contributed by atoms with Crippen molar-refractivity contribution >= 4 is 11.9 Å². The minimum Gasteiger partial charge on any atom is -0.458 e. The van der Waals surface area contributed by atoms with Crippen LogP contribution >= 0.6 is 0 Å². The average molecular weight is 380 g/mol. The van der Waals surface area contributed by atoms with E-state index in [2.05, 4.69) is 0 Å². The Labute approximate surface area is 158 Å². The third kappa shape index (κ3) is 3.11. The quantitative estimate of drug-likeness (QED) is 0.372. The monoisotopic (exact) mass is 380 g/mol. The average Bonchev–Trinajstić information content (AvgIpc) is 2.93. The summed E-state index contributed by atoms with van der Waals surface area (Å²) in [5.41, 5.74) is -1.92. The van der Waals surface area contributed by atoms with E-state index < -0.39 is 53.3 Å².